The number of fused-ring (bicyclic) bond motifs is 2. The summed E-state index contributed by atoms with van der Waals surface area (Å²) in [4.78, 5) is 2.32. The summed E-state index contributed by atoms with van der Waals surface area (Å²) in [6.07, 6.45) is 0. The fraction of sp³-hybridized carbons (Fsp3) is 0.0667. The first-order valence-corrected chi connectivity index (χ1v) is 8.05. The Labute approximate surface area is 121 Å². The zero-order valence-electron chi connectivity index (χ0n) is 10.5. The number of anilines is 2. The molecule has 0 saturated heterocycles. The van der Waals surface area contributed by atoms with Crippen LogP contribution in [0.15, 0.2) is 53.2 Å². The quantitative estimate of drug-likeness (QED) is 0.619. The summed E-state index contributed by atoms with van der Waals surface area (Å²) in [6, 6.07) is 15.3. The summed E-state index contributed by atoms with van der Waals surface area (Å²) in [5.74, 6) is 0. The predicted octanol–water partition coefficient (Wildman–Crippen LogP) is 2.41. The lowest BCUT2D eigenvalue weighted by Crippen LogP contribution is -2.54. The van der Waals surface area contributed by atoms with Crippen molar-refractivity contribution in [2.45, 2.75) is 0 Å². The van der Waals surface area contributed by atoms with Gasteiger partial charge in [0, 0.05) is 28.0 Å². The molecule has 1 aromatic carbocycles. The maximum absolute atomic E-state index is 2.32. The van der Waals surface area contributed by atoms with Gasteiger partial charge < -0.3 is 4.90 Å². The van der Waals surface area contributed by atoms with Gasteiger partial charge >= 0.3 is 0 Å². The van der Waals surface area contributed by atoms with Gasteiger partial charge in [-0.25, -0.2) is 0 Å². The zero-order chi connectivity index (χ0) is 12.8. The minimum atomic E-state index is 0.405. The third kappa shape index (κ3) is 1.60. The molecule has 19 heavy (non-hydrogen) atoms. The molecular weight excluding hydrogens is 269 g/mol. The monoisotopic (exact) mass is 281 g/mol. The molecular formula is C15H12BNS2. The minimum absolute atomic E-state index is 0.405. The Morgan fingerprint density at radius 3 is 2.00 bits per heavy atom. The van der Waals surface area contributed by atoms with Crippen LogP contribution in [0, 0.1) is 0 Å². The van der Waals surface area contributed by atoms with Crippen molar-refractivity contribution in [2.24, 2.45) is 0 Å². The number of benzene rings is 1. The van der Waals surface area contributed by atoms with Crippen molar-refractivity contribution >= 4 is 55.8 Å². The van der Waals surface area contributed by atoms with Gasteiger partial charge in [-0.15, -0.1) is 0 Å². The molecule has 1 aliphatic heterocycles. The van der Waals surface area contributed by atoms with Crippen LogP contribution in [0.1, 0.15) is 0 Å². The Morgan fingerprint density at radius 2 is 1.42 bits per heavy atom. The van der Waals surface area contributed by atoms with Gasteiger partial charge in [-0.3, -0.25) is 0 Å². The van der Waals surface area contributed by atoms with E-state index in [-0.39, 0.29) is 0 Å². The molecule has 4 rings (SSSR count). The number of rotatable bonds is 1. The van der Waals surface area contributed by atoms with Crippen LogP contribution >= 0.6 is 22.7 Å². The molecule has 2 aromatic heterocycles. The first-order chi connectivity index (χ1) is 9.36. The highest BCUT2D eigenvalue weighted by molar-refractivity contribution is 7.35. The molecule has 92 valence electrons. The Hall–Kier alpha value is -1.52. The van der Waals surface area contributed by atoms with E-state index in [1.165, 1.54) is 26.4 Å². The molecule has 1 nitrogen and oxygen atoms in total. The van der Waals surface area contributed by atoms with Crippen molar-refractivity contribution in [2.75, 3.05) is 11.9 Å². The summed E-state index contributed by atoms with van der Waals surface area (Å²) in [7, 11) is 2.16. The molecule has 0 amide bonds. The van der Waals surface area contributed by atoms with Crippen molar-refractivity contribution in [3.8, 4) is 0 Å². The second-order valence-corrected chi connectivity index (χ2v) is 6.64. The highest BCUT2D eigenvalue weighted by Gasteiger charge is 2.35. The molecule has 0 unspecified atom stereocenters. The third-order valence-electron chi connectivity index (χ3n) is 3.73. The average molecular weight is 281 g/mol. The van der Waals surface area contributed by atoms with E-state index in [0.717, 1.165) is 0 Å². The molecule has 4 heteroatoms. The zero-order valence-corrected chi connectivity index (χ0v) is 12.2. The van der Waals surface area contributed by atoms with Gasteiger partial charge in [0.25, 0.3) is 6.71 Å². The van der Waals surface area contributed by atoms with Crippen LogP contribution in [-0.2, 0) is 0 Å². The summed E-state index contributed by atoms with van der Waals surface area (Å²) in [5.41, 5.74) is 4.09. The molecule has 0 saturated carbocycles. The lowest BCUT2D eigenvalue weighted by atomic mass is 9.41. The van der Waals surface area contributed by atoms with Crippen LogP contribution in [-0.4, -0.2) is 13.8 Å². The van der Waals surface area contributed by atoms with Crippen molar-refractivity contribution in [1.29, 1.82) is 0 Å². The molecule has 0 bridgehead atoms. The lowest BCUT2D eigenvalue weighted by Gasteiger charge is -2.29. The van der Waals surface area contributed by atoms with Crippen molar-refractivity contribution in [1.82, 2.24) is 0 Å². The van der Waals surface area contributed by atoms with Crippen LogP contribution < -0.4 is 19.9 Å². The second-order valence-electron chi connectivity index (χ2n) is 4.74. The normalized spacial score (nSPS) is 13.3. The fourth-order valence-electron chi connectivity index (χ4n) is 2.81. The Kier molecular flexibility index (Phi) is 2.53. The third-order valence-corrected chi connectivity index (χ3v) is 5.67. The Bertz CT molecular complexity index is 674. The van der Waals surface area contributed by atoms with Gasteiger partial charge in [0.1, 0.15) is 0 Å². The first-order valence-electron chi connectivity index (χ1n) is 6.29. The molecule has 0 spiro atoms. The van der Waals surface area contributed by atoms with Crippen LogP contribution in [0.25, 0.3) is 0 Å². The van der Waals surface area contributed by atoms with Crippen molar-refractivity contribution in [3.63, 3.8) is 0 Å². The SMILES string of the molecule is CN1c2ccsc2B(c2ccccc2)c2sccc21. The van der Waals surface area contributed by atoms with Gasteiger partial charge in [-0.05, 0) is 22.9 Å². The fourth-order valence-corrected chi connectivity index (χ4v) is 5.00. The van der Waals surface area contributed by atoms with Crippen molar-refractivity contribution < 1.29 is 0 Å². The first kappa shape index (κ1) is 11.3. The van der Waals surface area contributed by atoms with E-state index in [9.17, 15) is 0 Å². The van der Waals surface area contributed by atoms with E-state index in [1.807, 2.05) is 22.7 Å². The van der Waals surface area contributed by atoms with Crippen LogP contribution in [0.2, 0.25) is 0 Å². The van der Waals surface area contributed by atoms with E-state index in [1.54, 1.807) is 0 Å². The molecule has 0 atom stereocenters. The summed E-state index contributed by atoms with van der Waals surface area (Å²) in [5, 5.41) is 4.40. The summed E-state index contributed by atoms with van der Waals surface area (Å²) < 4.78 is 2.92. The molecule has 0 radical (unpaired) electrons. The Balaban J connectivity index is 1.98. The van der Waals surface area contributed by atoms with Crippen LogP contribution in [0.3, 0.4) is 0 Å². The topological polar surface area (TPSA) is 3.24 Å². The van der Waals surface area contributed by atoms with E-state index < -0.39 is 0 Å². The largest absolute Gasteiger partial charge is 0.344 e. The molecule has 1 aliphatic rings. The van der Waals surface area contributed by atoms with Crippen LogP contribution in [0.4, 0.5) is 11.4 Å². The molecule has 0 N–H and O–H groups in total. The van der Waals surface area contributed by atoms with E-state index in [4.69, 9.17) is 0 Å². The van der Waals surface area contributed by atoms with Crippen LogP contribution in [0.5, 0.6) is 0 Å². The standard InChI is InChI=1S/C15H12BNS2/c1-17-12-7-9-18-14(12)16(11-5-3-2-4-6-11)15-13(17)8-10-19-15/h2-10H,1H3. The van der Waals surface area contributed by atoms with Gasteiger partial charge in [0.05, 0.1) is 0 Å². The van der Waals surface area contributed by atoms with E-state index >= 15 is 0 Å². The molecule has 3 heterocycles. The lowest BCUT2D eigenvalue weighted by molar-refractivity contribution is 1.24. The smallest absolute Gasteiger partial charge is 0.271 e. The maximum atomic E-state index is 2.32. The van der Waals surface area contributed by atoms with Gasteiger partial charge in [-0.1, -0.05) is 35.8 Å². The highest BCUT2D eigenvalue weighted by atomic mass is 32.1. The maximum Gasteiger partial charge on any atom is 0.271 e. The van der Waals surface area contributed by atoms with Gasteiger partial charge in [-0.2, -0.15) is 22.7 Å². The number of hydrogen-bond donors (Lipinski definition) is 0. The van der Waals surface area contributed by atoms with Gasteiger partial charge in [0.2, 0.25) is 0 Å². The minimum Gasteiger partial charge on any atom is -0.344 e. The number of nitrogens with zero attached hydrogens (tertiary/aromatic N) is 1. The average Bonchev–Trinajstić information content (AvgIpc) is 3.09. The number of thiophene rings is 2. The molecule has 0 aliphatic carbocycles. The Morgan fingerprint density at radius 1 is 0.842 bits per heavy atom. The van der Waals surface area contributed by atoms with E-state index in [2.05, 4.69) is 65.2 Å². The summed E-state index contributed by atoms with van der Waals surface area (Å²) >= 11 is 3.73. The predicted molar refractivity (Wildman–Crippen MR) is 87.8 cm³/mol. The van der Waals surface area contributed by atoms with Gasteiger partial charge in [0.15, 0.2) is 0 Å². The number of hydrogen-bond acceptors (Lipinski definition) is 3. The molecule has 0 fully saturated rings. The molecule has 3 aromatic rings. The highest BCUT2D eigenvalue weighted by Crippen LogP contribution is 2.30. The van der Waals surface area contributed by atoms with E-state index in [0.29, 0.717) is 6.71 Å². The second kappa shape index (κ2) is 4.25. The van der Waals surface area contributed by atoms with Crippen molar-refractivity contribution in [3.05, 3.63) is 53.2 Å². The summed E-state index contributed by atoms with van der Waals surface area (Å²) in [6.45, 7) is 0.405.